The van der Waals surface area contributed by atoms with Gasteiger partial charge in [0, 0.05) is 18.7 Å². The Morgan fingerprint density at radius 1 is 1.16 bits per heavy atom. The third-order valence-electron chi connectivity index (χ3n) is 4.98. The molecule has 3 heterocycles. The van der Waals surface area contributed by atoms with E-state index in [0.717, 1.165) is 11.3 Å². The van der Waals surface area contributed by atoms with Crippen molar-refractivity contribution in [1.29, 1.82) is 0 Å². The van der Waals surface area contributed by atoms with Crippen molar-refractivity contribution in [1.82, 2.24) is 4.90 Å². The highest BCUT2D eigenvalue weighted by atomic mass is 32.1. The summed E-state index contributed by atoms with van der Waals surface area (Å²) in [6.45, 7) is 5.55. The fourth-order valence-electron chi connectivity index (χ4n) is 3.38. The van der Waals surface area contributed by atoms with Crippen molar-refractivity contribution < 1.29 is 33.3 Å². The number of thiophene rings is 1. The minimum Gasteiger partial charge on any atom is -0.462 e. The number of anilines is 1. The molecule has 1 N–H and O–H groups in total. The number of esters is 1. The summed E-state index contributed by atoms with van der Waals surface area (Å²) in [4.78, 5) is 40.6. The molecule has 0 bridgehead atoms. The van der Waals surface area contributed by atoms with Crippen LogP contribution in [0.3, 0.4) is 0 Å². The maximum atomic E-state index is 13.0. The Morgan fingerprint density at radius 3 is 2.65 bits per heavy atom. The topological polar surface area (TPSA) is 103 Å². The number of amides is 2. The van der Waals surface area contributed by atoms with E-state index < -0.39 is 11.9 Å². The van der Waals surface area contributed by atoms with Gasteiger partial charge in [-0.05, 0) is 37.6 Å². The van der Waals surface area contributed by atoms with Gasteiger partial charge in [-0.3, -0.25) is 9.59 Å². The van der Waals surface area contributed by atoms with Crippen molar-refractivity contribution in [2.45, 2.75) is 13.8 Å². The van der Waals surface area contributed by atoms with Crippen molar-refractivity contribution in [3.63, 3.8) is 0 Å². The van der Waals surface area contributed by atoms with Gasteiger partial charge in [0.05, 0.1) is 30.3 Å². The molecule has 1 fully saturated rings. The molecule has 10 heteroatoms. The highest BCUT2D eigenvalue weighted by Gasteiger charge is 2.30. The maximum Gasteiger partial charge on any atom is 0.341 e. The first-order valence-corrected chi connectivity index (χ1v) is 10.7. The third-order valence-corrected chi connectivity index (χ3v) is 6.18. The van der Waals surface area contributed by atoms with Crippen LogP contribution in [0.4, 0.5) is 5.00 Å². The fraction of sp³-hybridized carbons (Fsp3) is 0.381. The number of carbonyl (C=O) groups excluding carboxylic acids is 3. The first-order chi connectivity index (χ1) is 15.0. The summed E-state index contributed by atoms with van der Waals surface area (Å²) < 4.78 is 21.1. The zero-order valence-corrected chi connectivity index (χ0v) is 18.0. The van der Waals surface area contributed by atoms with Crippen LogP contribution in [0.15, 0.2) is 18.2 Å². The van der Waals surface area contributed by atoms with Gasteiger partial charge in [-0.15, -0.1) is 11.3 Å². The van der Waals surface area contributed by atoms with Crippen molar-refractivity contribution in [3.8, 4) is 11.5 Å². The monoisotopic (exact) mass is 446 g/mol. The summed E-state index contributed by atoms with van der Waals surface area (Å²) >= 11 is 1.07. The predicted octanol–water partition coefficient (Wildman–Crippen LogP) is 2.69. The number of hydrogen-bond acceptors (Lipinski definition) is 8. The molecular formula is C21H22N2O7S. The maximum absolute atomic E-state index is 13.0. The molecule has 0 radical (unpaired) electrons. The largest absolute Gasteiger partial charge is 0.462 e. The van der Waals surface area contributed by atoms with Crippen molar-refractivity contribution in [3.05, 3.63) is 39.8 Å². The molecule has 1 aromatic heterocycles. The number of carbonyl (C=O) groups is 3. The summed E-state index contributed by atoms with van der Waals surface area (Å²) in [5.74, 6) is -0.174. The van der Waals surface area contributed by atoms with E-state index in [1.54, 1.807) is 36.9 Å². The number of nitrogens with zero attached hydrogens (tertiary/aromatic N) is 1. The van der Waals surface area contributed by atoms with Crippen LogP contribution in [0, 0.1) is 6.92 Å². The molecule has 0 atom stereocenters. The van der Waals surface area contributed by atoms with Crippen molar-refractivity contribution in [2.24, 2.45) is 0 Å². The zero-order valence-electron chi connectivity index (χ0n) is 17.2. The summed E-state index contributed by atoms with van der Waals surface area (Å²) in [6.07, 6.45) is 0. The number of fused-ring (bicyclic) bond motifs is 1. The summed E-state index contributed by atoms with van der Waals surface area (Å²) in [5, 5.41) is 3.04. The van der Waals surface area contributed by atoms with Gasteiger partial charge in [-0.1, -0.05) is 0 Å². The molecule has 1 saturated heterocycles. The van der Waals surface area contributed by atoms with Gasteiger partial charge in [0.2, 0.25) is 6.79 Å². The third kappa shape index (κ3) is 4.21. The van der Waals surface area contributed by atoms with Gasteiger partial charge in [0.25, 0.3) is 11.8 Å². The molecule has 164 valence electrons. The lowest BCUT2D eigenvalue weighted by Gasteiger charge is -2.26. The van der Waals surface area contributed by atoms with Gasteiger partial charge in [-0.2, -0.15) is 0 Å². The van der Waals surface area contributed by atoms with Gasteiger partial charge in [-0.25, -0.2) is 4.79 Å². The molecule has 2 aliphatic rings. The first kappa shape index (κ1) is 21.1. The number of nitrogens with one attached hydrogen (secondary N) is 1. The van der Waals surface area contributed by atoms with E-state index in [1.165, 1.54) is 0 Å². The molecule has 0 saturated carbocycles. The zero-order chi connectivity index (χ0) is 22.0. The highest BCUT2D eigenvalue weighted by molar-refractivity contribution is 7.18. The smallest absolute Gasteiger partial charge is 0.341 e. The van der Waals surface area contributed by atoms with E-state index >= 15 is 0 Å². The average Bonchev–Trinajstić information content (AvgIpc) is 3.37. The first-order valence-electron chi connectivity index (χ1n) is 9.88. The molecule has 2 aliphatic heterocycles. The minimum atomic E-state index is -0.585. The van der Waals surface area contributed by atoms with Gasteiger partial charge in [0.1, 0.15) is 5.00 Å². The number of morpholine rings is 1. The number of rotatable bonds is 5. The minimum absolute atomic E-state index is 0.102. The van der Waals surface area contributed by atoms with E-state index in [9.17, 15) is 14.4 Å². The van der Waals surface area contributed by atoms with Gasteiger partial charge < -0.3 is 29.2 Å². The molecule has 0 unspecified atom stereocenters. The fourth-order valence-corrected chi connectivity index (χ4v) is 4.54. The molecule has 2 aromatic rings. The molecule has 9 nitrogen and oxygen atoms in total. The molecule has 2 amide bonds. The van der Waals surface area contributed by atoms with E-state index in [-0.39, 0.29) is 29.9 Å². The van der Waals surface area contributed by atoms with Crippen LogP contribution in [0.25, 0.3) is 0 Å². The Kier molecular flexibility index (Phi) is 6.10. The summed E-state index contributed by atoms with van der Waals surface area (Å²) in [6, 6.07) is 4.83. The molecule has 31 heavy (non-hydrogen) atoms. The SMILES string of the molecule is CCOC(=O)c1c(NC(=O)c2ccc3c(c2)OCO3)sc(C(=O)N2CCOCC2)c1C. The van der Waals surface area contributed by atoms with Crippen molar-refractivity contribution in [2.75, 3.05) is 45.0 Å². The second-order valence-corrected chi connectivity index (χ2v) is 7.93. The molecule has 4 rings (SSSR count). The lowest BCUT2D eigenvalue weighted by molar-refractivity contribution is 0.0305. The van der Waals surface area contributed by atoms with Gasteiger partial charge in [0.15, 0.2) is 11.5 Å². The second kappa shape index (κ2) is 8.94. The second-order valence-electron chi connectivity index (χ2n) is 6.91. The molecule has 1 aromatic carbocycles. The Labute approximate surface area is 182 Å². The quantitative estimate of drug-likeness (QED) is 0.705. The Bertz CT molecular complexity index is 1030. The van der Waals surface area contributed by atoms with Crippen LogP contribution in [0.5, 0.6) is 11.5 Å². The standard InChI is InChI=1S/C21H22N2O7S/c1-3-28-21(26)16-12(2)17(20(25)23-6-8-27-9-7-23)31-19(16)22-18(24)13-4-5-14-15(10-13)30-11-29-14/h4-5,10H,3,6-9,11H2,1-2H3,(H,22,24). The lowest BCUT2D eigenvalue weighted by atomic mass is 10.1. The van der Waals surface area contributed by atoms with E-state index in [2.05, 4.69) is 5.32 Å². The normalized spacial score (nSPS) is 15.0. The van der Waals surface area contributed by atoms with E-state index in [1.807, 2.05) is 0 Å². The van der Waals surface area contributed by atoms with Crippen LogP contribution in [-0.4, -0.2) is 62.4 Å². The van der Waals surface area contributed by atoms with Crippen LogP contribution in [0.1, 0.15) is 42.9 Å². The molecule has 0 spiro atoms. The van der Waals surface area contributed by atoms with Crippen LogP contribution < -0.4 is 14.8 Å². The number of benzene rings is 1. The average molecular weight is 446 g/mol. The van der Waals surface area contributed by atoms with E-state index in [0.29, 0.717) is 53.8 Å². The Morgan fingerprint density at radius 2 is 1.90 bits per heavy atom. The predicted molar refractivity (Wildman–Crippen MR) is 112 cm³/mol. The Hall–Kier alpha value is -3.11. The summed E-state index contributed by atoms with van der Waals surface area (Å²) in [7, 11) is 0. The number of ether oxygens (including phenoxy) is 4. The Balaban J connectivity index is 1.64. The van der Waals surface area contributed by atoms with Crippen LogP contribution in [0.2, 0.25) is 0 Å². The molecular weight excluding hydrogens is 424 g/mol. The number of hydrogen-bond donors (Lipinski definition) is 1. The van der Waals surface area contributed by atoms with Crippen LogP contribution in [-0.2, 0) is 9.47 Å². The van der Waals surface area contributed by atoms with Crippen LogP contribution >= 0.6 is 11.3 Å². The van der Waals surface area contributed by atoms with E-state index in [4.69, 9.17) is 18.9 Å². The van der Waals surface area contributed by atoms with Gasteiger partial charge >= 0.3 is 5.97 Å². The lowest BCUT2D eigenvalue weighted by Crippen LogP contribution is -2.40. The van der Waals surface area contributed by atoms with Crippen molar-refractivity contribution >= 4 is 34.1 Å². The highest BCUT2D eigenvalue weighted by Crippen LogP contribution is 2.36. The molecule has 0 aliphatic carbocycles. The summed E-state index contributed by atoms with van der Waals surface area (Å²) in [5.41, 5.74) is 1.02.